The average Bonchev–Trinajstić information content (AvgIpc) is 2.16. The number of aryl methyl sites for hydroxylation is 2. The molecule has 0 fully saturated rings. The Labute approximate surface area is 86.2 Å². The molecule has 1 aromatic rings. The van der Waals surface area contributed by atoms with E-state index < -0.39 is 4.92 Å². The third-order valence-electron chi connectivity index (χ3n) is 2.12. The van der Waals surface area contributed by atoms with Crippen LogP contribution in [0.4, 0.5) is 5.69 Å². The van der Waals surface area contributed by atoms with Gasteiger partial charge in [0.15, 0.2) is 5.84 Å². The Morgan fingerprint density at radius 3 is 2.53 bits per heavy atom. The van der Waals surface area contributed by atoms with E-state index >= 15 is 0 Å². The predicted molar refractivity (Wildman–Crippen MR) is 55.1 cm³/mol. The molecule has 80 valence electrons. The molecule has 0 saturated carbocycles. The highest BCUT2D eigenvalue weighted by Gasteiger charge is 2.15. The molecular formula is C9H11N3O3. The van der Waals surface area contributed by atoms with Crippen molar-refractivity contribution in [1.82, 2.24) is 0 Å². The molecule has 1 rings (SSSR count). The summed E-state index contributed by atoms with van der Waals surface area (Å²) in [6.07, 6.45) is 0. The molecule has 3 N–H and O–H groups in total. The van der Waals surface area contributed by atoms with Crippen molar-refractivity contribution in [3.8, 4) is 0 Å². The minimum absolute atomic E-state index is 0.0396. The number of hydrogen-bond acceptors (Lipinski definition) is 4. The van der Waals surface area contributed by atoms with Gasteiger partial charge < -0.3 is 10.9 Å². The van der Waals surface area contributed by atoms with Crippen LogP contribution in [-0.2, 0) is 0 Å². The summed E-state index contributed by atoms with van der Waals surface area (Å²) >= 11 is 0. The van der Waals surface area contributed by atoms with Crippen LogP contribution in [0, 0.1) is 24.0 Å². The first-order chi connectivity index (χ1) is 6.97. The van der Waals surface area contributed by atoms with Gasteiger partial charge in [-0.15, -0.1) is 0 Å². The van der Waals surface area contributed by atoms with Crippen molar-refractivity contribution >= 4 is 11.5 Å². The van der Waals surface area contributed by atoms with Gasteiger partial charge in [0.1, 0.15) is 0 Å². The highest BCUT2D eigenvalue weighted by molar-refractivity contribution is 5.99. The average molecular weight is 209 g/mol. The number of oxime groups is 1. The van der Waals surface area contributed by atoms with E-state index in [0.717, 1.165) is 5.56 Å². The van der Waals surface area contributed by atoms with Gasteiger partial charge in [0, 0.05) is 17.2 Å². The lowest BCUT2D eigenvalue weighted by molar-refractivity contribution is -0.385. The topological polar surface area (TPSA) is 102 Å². The van der Waals surface area contributed by atoms with E-state index in [1.807, 2.05) is 0 Å². The molecule has 0 aliphatic carbocycles. The zero-order valence-corrected chi connectivity index (χ0v) is 8.39. The van der Waals surface area contributed by atoms with Gasteiger partial charge in [0.2, 0.25) is 0 Å². The van der Waals surface area contributed by atoms with Crippen molar-refractivity contribution in [3.63, 3.8) is 0 Å². The molecule has 1 aromatic carbocycles. The van der Waals surface area contributed by atoms with E-state index in [1.54, 1.807) is 19.9 Å². The van der Waals surface area contributed by atoms with Gasteiger partial charge in [-0.2, -0.15) is 0 Å². The summed E-state index contributed by atoms with van der Waals surface area (Å²) in [6.45, 7) is 3.38. The van der Waals surface area contributed by atoms with Crippen LogP contribution >= 0.6 is 0 Å². The summed E-state index contributed by atoms with van der Waals surface area (Å²) < 4.78 is 0. The van der Waals surface area contributed by atoms with E-state index in [1.165, 1.54) is 6.07 Å². The number of hydrogen-bond donors (Lipinski definition) is 2. The second-order valence-corrected chi connectivity index (χ2v) is 3.20. The zero-order chi connectivity index (χ0) is 11.6. The summed E-state index contributed by atoms with van der Waals surface area (Å²) in [5, 5.41) is 22.0. The van der Waals surface area contributed by atoms with Crippen molar-refractivity contribution in [2.75, 3.05) is 0 Å². The molecule has 6 nitrogen and oxygen atoms in total. The van der Waals surface area contributed by atoms with Gasteiger partial charge in [-0.25, -0.2) is 0 Å². The fourth-order valence-electron chi connectivity index (χ4n) is 1.37. The van der Waals surface area contributed by atoms with Gasteiger partial charge >= 0.3 is 0 Å². The number of nitrogens with two attached hydrogens (primary N) is 1. The molecule has 0 bridgehead atoms. The van der Waals surface area contributed by atoms with Gasteiger partial charge in [-0.3, -0.25) is 10.1 Å². The molecule has 0 heterocycles. The fourth-order valence-corrected chi connectivity index (χ4v) is 1.37. The molecule has 0 aliphatic heterocycles. The predicted octanol–water partition coefficient (Wildman–Crippen LogP) is 1.31. The minimum Gasteiger partial charge on any atom is -0.409 e. The first kappa shape index (κ1) is 11.0. The lowest BCUT2D eigenvalue weighted by atomic mass is 10.0. The third-order valence-corrected chi connectivity index (χ3v) is 2.12. The molecular weight excluding hydrogens is 198 g/mol. The van der Waals surface area contributed by atoms with Crippen LogP contribution in [0.2, 0.25) is 0 Å². The van der Waals surface area contributed by atoms with Gasteiger partial charge in [0.25, 0.3) is 5.69 Å². The first-order valence-electron chi connectivity index (χ1n) is 4.21. The number of benzene rings is 1. The molecule has 0 unspecified atom stereocenters. The maximum atomic E-state index is 10.7. The van der Waals surface area contributed by atoms with Gasteiger partial charge in [-0.05, 0) is 25.5 Å². The Balaban J connectivity index is 3.43. The highest BCUT2D eigenvalue weighted by atomic mass is 16.6. The molecule has 15 heavy (non-hydrogen) atoms. The lowest BCUT2D eigenvalue weighted by Gasteiger charge is -2.05. The Bertz CT molecular complexity index is 440. The Hall–Kier alpha value is -2.11. The maximum Gasteiger partial charge on any atom is 0.273 e. The molecule has 0 radical (unpaired) electrons. The molecule has 0 amide bonds. The number of rotatable bonds is 2. The van der Waals surface area contributed by atoms with Crippen molar-refractivity contribution < 1.29 is 10.1 Å². The molecule has 0 saturated heterocycles. The molecule has 0 aromatic heterocycles. The van der Waals surface area contributed by atoms with E-state index in [2.05, 4.69) is 5.16 Å². The molecule has 0 spiro atoms. The molecule has 0 aliphatic rings. The Morgan fingerprint density at radius 1 is 1.47 bits per heavy atom. The van der Waals surface area contributed by atoms with Crippen molar-refractivity contribution in [3.05, 3.63) is 38.9 Å². The lowest BCUT2D eigenvalue weighted by Crippen LogP contribution is -2.15. The van der Waals surface area contributed by atoms with Crippen LogP contribution in [0.3, 0.4) is 0 Å². The molecule has 0 atom stereocenters. The van der Waals surface area contributed by atoms with Crippen molar-refractivity contribution in [1.29, 1.82) is 0 Å². The summed E-state index contributed by atoms with van der Waals surface area (Å²) in [6, 6.07) is 2.94. The molecule has 6 heteroatoms. The summed E-state index contributed by atoms with van der Waals surface area (Å²) in [5.41, 5.74) is 7.00. The first-order valence-corrected chi connectivity index (χ1v) is 4.21. The Kier molecular flexibility index (Phi) is 2.89. The van der Waals surface area contributed by atoms with E-state index in [9.17, 15) is 10.1 Å². The van der Waals surface area contributed by atoms with E-state index in [0.29, 0.717) is 11.1 Å². The SMILES string of the molecule is Cc1cc(C)c([N+](=O)[O-])cc1/C(N)=N/O. The number of amidine groups is 1. The number of nitro benzene ring substituents is 1. The fraction of sp³-hybridized carbons (Fsp3) is 0.222. The smallest absolute Gasteiger partial charge is 0.273 e. The normalized spacial score (nSPS) is 11.5. The van der Waals surface area contributed by atoms with Crippen LogP contribution in [0.5, 0.6) is 0 Å². The van der Waals surface area contributed by atoms with E-state index in [-0.39, 0.29) is 11.5 Å². The quantitative estimate of drug-likeness (QED) is 0.252. The summed E-state index contributed by atoms with van der Waals surface area (Å²) in [5.74, 6) is -0.129. The van der Waals surface area contributed by atoms with Crippen molar-refractivity contribution in [2.24, 2.45) is 10.9 Å². The minimum atomic E-state index is -0.497. The van der Waals surface area contributed by atoms with Crippen LogP contribution in [0.15, 0.2) is 17.3 Å². The standard InChI is InChI=1S/C9H11N3O3/c1-5-3-6(2)8(12(14)15)4-7(5)9(10)11-13/h3-4,13H,1-2H3,(H2,10,11). The van der Waals surface area contributed by atoms with Crippen molar-refractivity contribution in [2.45, 2.75) is 13.8 Å². The number of nitro groups is 1. The monoisotopic (exact) mass is 209 g/mol. The summed E-state index contributed by atoms with van der Waals surface area (Å²) in [7, 11) is 0. The maximum absolute atomic E-state index is 10.7. The second kappa shape index (κ2) is 3.95. The summed E-state index contributed by atoms with van der Waals surface area (Å²) in [4.78, 5) is 10.2. The Morgan fingerprint density at radius 2 is 2.07 bits per heavy atom. The van der Waals surface area contributed by atoms with Crippen LogP contribution in [-0.4, -0.2) is 16.0 Å². The van der Waals surface area contributed by atoms with E-state index in [4.69, 9.17) is 10.9 Å². The van der Waals surface area contributed by atoms with Crippen LogP contribution < -0.4 is 5.73 Å². The van der Waals surface area contributed by atoms with Crippen LogP contribution in [0.25, 0.3) is 0 Å². The van der Waals surface area contributed by atoms with Gasteiger partial charge in [-0.1, -0.05) is 5.16 Å². The third kappa shape index (κ3) is 2.04. The largest absolute Gasteiger partial charge is 0.409 e. The number of nitrogens with zero attached hydrogens (tertiary/aromatic N) is 2. The highest BCUT2D eigenvalue weighted by Crippen LogP contribution is 2.22. The van der Waals surface area contributed by atoms with Crippen LogP contribution in [0.1, 0.15) is 16.7 Å². The zero-order valence-electron chi connectivity index (χ0n) is 8.39. The van der Waals surface area contributed by atoms with Gasteiger partial charge in [0.05, 0.1) is 4.92 Å². The second-order valence-electron chi connectivity index (χ2n) is 3.20.